The lowest BCUT2D eigenvalue weighted by atomic mass is 10.1. The maximum atomic E-state index is 12.5. The highest BCUT2D eigenvalue weighted by atomic mass is 32.2. The molecule has 2 rings (SSSR count). The van der Waals surface area contributed by atoms with Crippen LogP contribution in [0.2, 0.25) is 0 Å². The number of ether oxygens (including phenoxy) is 1. The minimum atomic E-state index is -0.920. The fourth-order valence-corrected chi connectivity index (χ4v) is 3.03. The normalized spacial score (nSPS) is 13.0. The third-order valence-electron chi connectivity index (χ3n) is 3.41. The van der Waals surface area contributed by atoms with Crippen molar-refractivity contribution in [3.8, 4) is 0 Å². The van der Waals surface area contributed by atoms with Gasteiger partial charge in [-0.1, -0.05) is 59.8 Å². The van der Waals surface area contributed by atoms with Crippen molar-refractivity contribution in [1.82, 2.24) is 5.32 Å². The molecule has 2 aromatic carbocycles. The second kappa shape index (κ2) is 8.55. The quantitative estimate of drug-likeness (QED) is 0.492. The third kappa shape index (κ3) is 5.42. The molecule has 0 aliphatic carbocycles. The number of carbonyl (C=O) groups excluding carboxylic acids is 2. The molecule has 24 heavy (non-hydrogen) atoms. The van der Waals surface area contributed by atoms with Crippen molar-refractivity contribution in [2.75, 3.05) is 0 Å². The summed E-state index contributed by atoms with van der Waals surface area (Å²) in [5, 5.41) is 2.90. The summed E-state index contributed by atoms with van der Waals surface area (Å²) in [6.07, 6.45) is 0. The van der Waals surface area contributed by atoms with Gasteiger partial charge in [-0.2, -0.15) is 0 Å². The number of hydrogen-bond donors (Lipinski definition) is 1. The first-order chi connectivity index (χ1) is 11.5. The first-order valence-corrected chi connectivity index (χ1v) is 8.59. The molecule has 0 saturated carbocycles. The Hall–Kier alpha value is -2.27. The van der Waals surface area contributed by atoms with Crippen LogP contribution >= 0.6 is 11.8 Å². The molecule has 5 heteroatoms. The van der Waals surface area contributed by atoms with Gasteiger partial charge in [-0.05, 0) is 31.5 Å². The molecule has 1 amide bonds. The fraction of sp³-hybridized carbons (Fsp3) is 0.263. The van der Waals surface area contributed by atoms with Crippen LogP contribution in [0.3, 0.4) is 0 Å². The molecule has 0 radical (unpaired) electrons. The molecule has 126 valence electrons. The largest absolute Gasteiger partial charge is 0.441 e. The Labute approximate surface area is 146 Å². The van der Waals surface area contributed by atoms with Crippen LogP contribution < -0.4 is 5.32 Å². The van der Waals surface area contributed by atoms with E-state index in [2.05, 4.69) is 5.32 Å². The van der Waals surface area contributed by atoms with E-state index in [1.54, 1.807) is 0 Å². The van der Waals surface area contributed by atoms with Crippen LogP contribution in [-0.4, -0.2) is 17.3 Å². The summed E-state index contributed by atoms with van der Waals surface area (Å²) >= 11 is 1.22. The molecule has 0 fully saturated rings. The van der Waals surface area contributed by atoms with Gasteiger partial charge in [0.05, 0.1) is 6.04 Å². The van der Waals surface area contributed by atoms with Crippen molar-refractivity contribution in [3.63, 3.8) is 0 Å². The minimum absolute atomic E-state index is 0.171. The van der Waals surface area contributed by atoms with Crippen LogP contribution in [-0.2, 0) is 14.3 Å². The highest BCUT2D eigenvalue weighted by molar-refractivity contribution is 8.00. The van der Waals surface area contributed by atoms with Gasteiger partial charge in [-0.3, -0.25) is 9.59 Å². The van der Waals surface area contributed by atoms with Crippen LogP contribution in [0.4, 0.5) is 0 Å². The Bertz CT molecular complexity index is 686. The van der Waals surface area contributed by atoms with E-state index in [4.69, 9.17) is 4.74 Å². The molecule has 0 aliphatic rings. The second-order valence-corrected chi connectivity index (χ2v) is 6.65. The van der Waals surface area contributed by atoms with E-state index < -0.39 is 11.4 Å². The van der Waals surface area contributed by atoms with Crippen LogP contribution in [0, 0.1) is 6.92 Å². The van der Waals surface area contributed by atoms with Gasteiger partial charge in [0.25, 0.3) is 5.91 Å². The summed E-state index contributed by atoms with van der Waals surface area (Å²) in [7, 11) is 0. The SMILES string of the molecule is CC(=O)O[C@H](Sc1ccc(C)cc1)C(=O)N[C@@H](C)c1ccccc1. The molecule has 0 heterocycles. The summed E-state index contributed by atoms with van der Waals surface area (Å²) in [4.78, 5) is 24.7. The summed E-state index contributed by atoms with van der Waals surface area (Å²) < 4.78 is 5.20. The van der Waals surface area contributed by atoms with Gasteiger partial charge in [0.1, 0.15) is 0 Å². The van der Waals surface area contributed by atoms with Crippen molar-refractivity contribution in [2.24, 2.45) is 0 Å². The van der Waals surface area contributed by atoms with Crippen LogP contribution in [0.15, 0.2) is 59.5 Å². The van der Waals surface area contributed by atoms with E-state index >= 15 is 0 Å². The van der Waals surface area contributed by atoms with Gasteiger partial charge in [-0.25, -0.2) is 0 Å². The molecule has 0 saturated heterocycles. The van der Waals surface area contributed by atoms with Gasteiger partial charge in [0.15, 0.2) is 0 Å². The number of benzene rings is 2. The molecule has 1 N–H and O–H groups in total. The predicted molar refractivity (Wildman–Crippen MR) is 95.6 cm³/mol. The molecule has 2 atom stereocenters. The van der Waals surface area contributed by atoms with Crippen molar-refractivity contribution >= 4 is 23.6 Å². The molecule has 2 aromatic rings. The van der Waals surface area contributed by atoms with Gasteiger partial charge in [0.2, 0.25) is 5.44 Å². The van der Waals surface area contributed by atoms with E-state index in [-0.39, 0.29) is 11.9 Å². The number of amides is 1. The number of thioether (sulfide) groups is 1. The number of hydrogen-bond acceptors (Lipinski definition) is 4. The summed E-state index contributed by atoms with van der Waals surface area (Å²) in [5.74, 6) is -0.811. The van der Waals surface area contributed by atoms with Gasteiger partial charge in [-0.15, -0.1) is 0 Å². The second-order valence-electron chi connectivity index (χ2n) is 5.51. The van der Waals surface area contributed by atoms with Gasteiger partial charge in [0, 0.05) is 11.8 Å². The lowest BCUT2D eigenvalue weighted by Crippen LogP contribution is -2.36. The monoisotopic (exact) mass is 343 g/mol. The van der Waals surface area contributed by atoms with E-state index in [0.717, 1.165) is 16.0 Å². The van der Waals surface area contributed by atoms with Crippen LogP contribution in [0.25, 0.3) is 0 Å². The Balaban J connectivity index is 2.07. The first-order valence-electron chi connectivity index (χ1n) is 7.71. The summed E-state index contributed by atoms with van der Waals surface area (Å²) in [6.45, 7) is 5.19. The average Bonchev–Trinajstić information content (AvgIpc) is 2.56. The lowest BCUT2D eigenvalue weighted by Gasteiger charge is -2.20. The molecule has 4 nitrogen and oxygen atoms in total. The van der Waals surface area contributed by atoms with E-state index in [0.29, 0.717) is 0 Å². The highest BCUT2D eigenvalue weighted by Gasteiger charge is 2.24. The number of carbonyl (C=O) groups is 2. The highest BCUT2D eigenvalue weighted by Crippen LogP contribution is 2.25. The summed E-state index contributed by atoms with van der Waals surface area (Å²) in [6, 6.07) is 17.2. The fourth-order valence-electron chi connectivity index (χ4n) is 2.13. The Morgan fingerprint density at radius 1 is 1.04 bits per heavy atom. The van der Waals surface area contributed by atoms with Crippen molar-refractivity contribution < 1.29 is 14.3 Å². The maximum absolute atomic E-state index is 12.5. The zero-order valence-corrected chi connectivity index (χ0v) is 14.8. The first kappa shape index (κ1) is 18.1. The topological polar surface area (TPSA) is 55.4 Å². The average molecular weight is 343 g/mol. The van der Waals surface area contributed by atoms with E-state index in [9.17, 15) is 9.59 Å². The molecular formula is C19H21NO3S. The van der Waals surface area contributed by atoms with Crippen molar-refractivity contribution in [2.45, 2.75) is 37.1 Å². The van der Waals surface area contributed by atoms with Gasteiger partial charge >= 0.3 is 5.97 Å². The predicted octanol–water partition coefficient (Wildman–Crippen LogP) is 3.85. The summed E-state index contributed by atoms with van der Waals surface area (Å²) in [5.41, 5.74) is 1.20. The molecule has 0 unspecified atom stereocenters. The zero-order chi connectivity index (χ0) is 17.5. The zero-order valence-electron chi connectivity index (χ0n) is 14.0. The van der Waals surface area contributed by atoms with Crippen molar-refractivity contribution in [1.29, 1.82) is 0 Å². The minimum Gasteiger partial charge on any atom is -0.441 e. The number of nitrogens with one attached hydrogen (secondary N) is 1. The van der Waals surface area contributed by atoms with E-state index in [1.165, 1.54) is 18.7 Å². The molecule has 0 spiro atoms. The number of aryl methyl sites for hydroxylation is 1. The van der Waals surface area contributed by atoms with Gasteiger partial charge < -0.3 is 10.1 Å². The van der Waals surface area contributed by atoms with E-state index in [1.807, 2.05) is 68.4 Å². The molecule has 0 aromatic heterocycles. The lowest BCUT2D eigenvalue weighted by molar-refractivity contribution is -0.148. The molecule has 0 bridgehead atoms. The van der Waals surface area contributed by atoms with Crippen LogP contribution in [0.1, 0.15) is 31.0 Å². The number of esters is 1. The molecular weight excluding hydrogens is 322 g/mol. The molecule has 0 aliphatic heterocycles. The standard InChI is InChI=1S/C19H21NO3S/c1-13-9-11-17(12-10-13)24-19(23-15(3)21)18(22)20-14(2)16-7-5-4-6-8-16/h4-12,14,19H,1-3H3,(H,20,22)/t14-,19+/m0/s1. The Morgan fingerprint density at radius 2 is 1.67 bits per heavy atom. The van der Waals surface area contributed by atoms with Crippen LogP contribution in [0.5, 0.6) is 0 Å². The Kier molecular flexibility index (Phi) is 6.44. The number of rotatable bonds is 6. The smallest absolute Gasteiger partial charge is 0.304 e. The third-order valence-corrected chi connectivity index (χ3v) is 4.48. The Morgan fingerprint density at radius 3 is 2.25 bits per heavy atom. The van der Waals surface area contributed by atoms with Crippen molar-refractivity contribution in [3.05, 3.63) is 65.7 Å². The maximum Gasteiger partial charge on any atom is 0.304 e.